The monoisotopic (exact) mass is 363 g/mol. The number of nitrogens with zero attached hydrogens (tertiary/aromatic N) is 1. The molecule has 0 spiro atoms. The van der Waals surface area contributed by atoms with Crippen LogP contribution in [0.3, 0.4) is 0 Å². The minimum absolute atomic E-state index is 0.0104. The normalized spacial score (nSPS) is 18.2. The van der Waals surface area contributed by atoms with E-state index < -0.39 is 18.1 Å². The van der Waals surface area contributed by atoms with Gasteiger partial charge in [-0.2, -0.15) is 0 Å². The van der Waals surface area contributed by atoms with E-state index in [1.807, 2.05) is 24.3 Å². The molecule has 2 aliphatic rings. The second-order valence-electron chi connectivity index (χ2n) is 6.92. The van der Waals surface area contributed by atoms with Gasteiger partial charge < -0.3 is 9.47 Å². The summed E-state index contributed by atoms with van der Waals surface area (Å²) in [6.45, 7) is 4.44. The van der Waals surface area contributed by atoms with Crippen molar-refractivity contribution in [3.8, 4) is 11.1 Å². The highest BCUT2D eigenvalue weighted by Crippen LogP contribution is 2.44. The molecule has 0 saturated carbocycles. The summed E-state index contributed by atoms with van der Waals surface area (Å²) >= 11 is 0. The zero-order valence-electron chi connectivity index (χ0n) is 15.2. The largest absolute Gasteiger partial charge is 0.467 e. The lowest BCUT2D eigenvalue weighted by Gasteiger charge is -2.23. The average molecular weight is 363 g/mol. The van der Waals surface area contributed by atoms with Gasteiger partial charge in [0.15, 0.2) is 0 Å². The Kier molecular flexibility index (Phi) is 4.44. The molecule has 1 heterocycles. The van der Waals surface area contributed by atoms with E-state index >= 15 is 0 Å². The van der Waals surface area contributed by atoms with E-state index in [0.717, 1.165) is 16.7 Å². The van der Waals surface area contributed by atoms with E-state index in [-0.39, 0.29) is 12.5 Å². The van der Waals surface area contributed by atoms with Gasteiger partial charge in [0, 0.05) is 18.9 Å². The van der Waals surface area contributed by atoms with Crippen LogP contribution in [0.2, 0.25) is 0 Å². The van der Waals surface area contributed by atoms with Gasteiger partial charge in [0.1, 0.15) is 12.6 Å². The van der Waals surface area contributed by atoms with Crippen molar-refractivity contribution in [2.75, 3.05) is 20.3 Å². The second kappa shape index (κ2) is 6.91. The van der Waals surface area contributed by atoms with E-state index in [1.54, 1.807) is 0 Å². The molecule has 1 aliphatic heterocycles. The predicted molar refractivity (Wildman–Crippen MR) is 101 cm³/mol. The molecule has 0 aromatic heterocycles. The van der Waals surface area contributed by atoms with E-state index in [0.29, 0.717) is 13.0 Å². The fraction of sp³-hybridized carbons (Fsp3) is 0.273. The molecule has 1 atom stereocenters. The van der Waals surface area contributed by atoms with E-state index in [1.165, 1.54) is 23.1 Å². The summed E-state index contributed by atoms with van der Waals surface area (Å²) in [7, 11) is 1.32. The molecule has 1 saturated heterocycles. The summed E-state index contributed by atoms with van der Waals surface area (Å²) in [5.41, 5.74) is 5.48. The van der Waals surface area contributed by atoms with Gasteiger partial charge in [0.25, 0.3) is 0 Å². The van der Waals surface area contributed by atoms with Crippen LogP contribution in [0.5, 0.6) is 0 Å². The number of carbonyl (C=O) groups excluding carboxylic acids is 2. The zero-order chi connectivity index (χ0) is 19.0. The smallest absolute Gasteiger partial charge is 0.410 e. The van der Waals surface area contributed by atoms with Crippen LogP contribution in [0.15, 0.2) is 60.7 Å². The van der Waals surface area contributed by atoms with Crippen molar-refractivity contribution < 1.29 is 19.1 Å². The summed E-state index contributed by atoms with van der Waals surface area (Å²) in [5, 5.41) is 0. The van der Waals surface area contributed by atoms with E-state index in [4.69, 9.17) is 9.47 Å². The maximum atomic E-state index is 12.7. The highest BCUT2D eigenvalue weighted by Gasteiger charge is 2.38. The molecule has 1 aliphatic carbocycles. The fourth-order valence-electron chi connectivity index (χ4n) is 4.01. The Bertz CT molecular complexity index is 875. The van der Waals surface area contributed by atoms with E-state index in [2.05, 4.69) is 30.8 Å². The number of rotatable bonds is 3. The van der Waals surface area contributed by atoms with Crippen molar-refractivity contribution in [3.05, 3.63) is 71.8 Å². The molecule has 2 aromatic carbocycles. The topological polar surface area (TPSA) is 55.8 Å². The molecule has 5 heteroatoms. The number of amides is 1. The second-order valence-corrected chi connectivity index (χ2v) is 6.92. The molecular formula is C22H21NO4. The molecule has 5 nitrogen and oxygen atoms in total. The molecule has 2 aromatic rings. The van der Waals surface area contributed by atoms with E-state index in [9.17, 15) is 9.59 Å². The van der Waals surface area contributed by atoms with Gasteiger partial charge in [-0.15, -0.1) is 0 Å². The molecule has 0 N–H and O–H groups in total. The average Bonchev–Trinajstić information content (AvgIpc) is 3.24. The number of carbonyl (C=O) groups is 2. The summed E-state index contributed by atoms with van der Waals surface area (Å²) in [5.74, 6) is -0.453. The Balaban J connectivity index is 1.53. The fourth-order valence-corrected chi connectivity index (χ4v) is 4.01. The molecule has 1 fully saturated rings. The van der Waals surface area contributed by atoms with Crippen molar-refractivity contribution in [1.82, 2.24) is 4.90 Å². The predicted octanol–water partition coefficient (Wildman–Crippen LogP) is 3.74. The van der Waals surface area contributed by atoms with Gasteiger partial charge in [-0.1, -0.05) is 60.7 Å². The lowest BCUT2D eigenvalue weighted by Crippen LogP contribution is -2.41. The molecular weight excluding hydrogens is 342 g/mol. The number of fused-ring (bicyclic) bond motifs is 3. The first-order valence-corrected chi connectivity index (χ1v) is 8.96. The number of ether oxygens (including phenoxy) is 2. The highest BCUT2D eigenvalue weighted by atomic mass is 16.6. The van der Waals surface area contributed by atoms with Crippen LogP contribution in [-0.2, 0) is 14.3 Å². The van der Waals surface area contributed by atoms with Gasteiger partial charge in [-0.3, -0.25) is 4.90 Å². The van der Waals surface area contributed by atoms with Crippen LogP contribution in [0.1, 0.15) is 23.5 Å². The summed E-state index contributed by atoms with van der Waals surface area (Å²) < 4.78 is 10.4. The number of likely N-dealkylation sites (tertiary alicyclic amines) is 1. The lowest BCUT2D eigenvalue weighted by atomic mass is 9.98. The first-order valence-electron chi connectivity index (χ1n) is 8.96. The quantitative estimate of drug-likeness (QED) is 0.616. The van der Waals surface area contributed by atoms with Crippen molar-refractivity contribution in [2.24, 2.45) is 0 Å². The molecule has 0 unspecified atom stereocenters. The maximum Gasteiger partial charge on any atom is 0.410 e. The van der Waals surface area contributed by atoms with Crippen molar-refractivity contribution in [2.45, 2.75) is 18.4 Å². The van der Waals surface area contributed by atoms with Crippen LogP contribution in [0, 0.1) is 0 Å². The van der Waals surface area contributed by atoms with Crippen molar-refractivity contribution in [3.63, 3.8) is 0 Å². The summed E-state index contributed by atoms with van der Waals surface area (Å²) in [6.07, 6.45) is -0.0949. The Labute approximate surface area is 158 Å². The molecule has 1 amide bonds. The SMILES string of the molecule is C=C1C[C@@H](C(=O)OC)N(C(=O)OCC2c3ccccc3-c3ccccc32)C1. The molecule has 0 bridgehead atoms. The minimum atomic E-state index is -0.654. The lowest BCUT2D eigenvalue weighted by molar-refractivity contribution is -0.145. The number of methoxy groups -OCH3 is 1. The third-order valence-corrected chi connectivity index (χ3v) is 5.30. The third-order valence-electron chi connectivity index (χ3n) is 5.30. The number of esters is 1. The molecule has 4 rings (SSSR count). The Morgan fingerprint density at radius 3 is 2.26 bits per heavy atom. The Morgan fingerprint density at radius 2 is 1.67 bits per heavy atom. The van der Waals surface area contributed by atoms with Gasteiger partial charge in [-0.05, 0) is 22.3 Å². The Morgan fingerprint density at radius 1 is 1.07 bits per heavy atom. The maximum absolute atomic E-state index is 12.7. The van der Waals surface area contributed by atoms with Gasteiger partial charge in [0.2, 0.25) is 0 Å². The number of benzene rings is 2. The van der Waals surface area contributed by atoms with Crippen LogP contribution < -0.4 is 0 Å². The van der Waals surface area contributed by atoms with Crippen LogP contribution in [0.4, 0.5) is 4.79 Å². The van der Waals surface area contributed by atoms with Gasteiger partial charge >= 0.3 is 12.1 Å². The summed E-state index contributed by atoms with van der Waals surface area (Å²) in [4.78, 5) is 26.0. The van der Waals surface area contributed by atoms with Crippen molar-refractivity contribution in [1.29, 1.82) is 0 Å². The standard InChI is InChI=1S/C22H21NO4/c1-14-11-20(21(24)26-2)23(12-14)22(25)27-13-19-17-9-5-3-7-15(17)16-8-4-6-10-18(16)19/h3-10,19-20H,1,11-13H2,2H3/t20-/m0/s1. The minimum Gasteiger partial charge on any atom is -0.467 e. The van der Waals surface area contributed by atoms with Gasteiger partial charge in [0.05, 0.1) is 7.11 Å². The summed E-state index contributed by atoms with van der Waals surface area (Å²) in [6, 6.07) is 15.7. The molecule has 138 valence electrons. The number of hydrogen-bond donors (Lipinski definition) is 0. The zero-order valence-corrected chi connectivity index (χ0v) is 15.2. The number of hydrogen-bond acceptors (Lipinski definition) is 4. The third kappa shape index (κ3) is 2.99. The van der Waals surface area contributed by atoms with Crippen LogP contribution in [-0.4, -0.2) is 43.3 Å². The van der Waals surface area contributed by atoms with Crippen LogP contribution >= 0.6 is 0 Å². The molecule has 27 heavy (non-hydrogen) atoms. The first-order chi connectivity index (χ1) is 13.1. The Hall–Kier alpha value is -3.08. The first kappa shape index (κ1) is 17.3. The molecule has 0 radical (unpaired) electrons. The van der Waals surface area contributed by atoms with Crippen LogP contribution in [0.25, 0.3) is 11.1 Å². The highest BCUT2D eigenvalue weighted by molar-refractivity contribution is 5.83. The van der Waals surface area contributed by atoms with Crippen molar-refractivity contribution >= 4 is 12.1 Å². The van der Waals surface area contributed by atoms with Gasteiger partial charge in [-0.25, -0.2) is 9.59 Å².